The Kier molecular flexibility index (Phi) is 13.4. The number of halogens is 2. The molecule has 1 aliphatic heterocycles. The van der Waals surface area contributed by atoms with Crippen LogP contribution < -0.4 is 4.31 Å². The van der Waals surface area contributed by atoms with E-state index in [0.717, 1.165) is 31.2 Å². The van der Waals surface area contributed by atoms with E-state index >= 15 is 0 Å². The molecule has 2 aliphatic carbocycles. The molecule has 3 fully saturated rings. The van der Waals surface area contributed by atoms with Gasteiger partial charge >= 0.3 is 0 Å². The Morgan fingerprint density at radius 3 is 2.13 bits per heavy atom. The number of hydrogen-bond acceptors (Lipinski definition) is 4. The van der Waals surface area contributed by atoms with Gasteiger partial charge in [-0.15, -0.1) is 0 Å². The highest BCUT2D eigenvalue weighted by atomic mass is 35.5. The van der Waals surface area contributed by atoms with E-state index in [1.54, 1.807) is 48.7 Å². The second kappa shape index (κ2) is 17.2. The summed E-state index contributed by atoms with van der Waals surface area (Å²) >= 11 is 6.14. The number of para-hydroxylation sites is 1. The van der Waals surface area contributed by atoms with E-state index in [1.807, 2.05) is 49.1 Å². The molecule has 2 amide bonds. The number of benzene rings is 3. The van der Waals surface area contributed by atoms with Gasteiger partial charge in [0.25, 0.3) is 5.91 Å². The van der Waals surface area contributed by atoms with Crippen molar-refractivity contribution in [2.24, 2.45) is 5.92 Å². The monoisotopic (exact) mass is 683 g/mol. The number of ether oxygens (including phenoxy) is 1. The molecule has 3 aromatic rings. The first-order valence-corrected chi connectivity index (χ1v) is 18.0. The smallest absolute Gasteiger partial charge is 0.253 e. The number of amides is 2. The van der Waals surface area contributed by atoms with Crippen LogP contribution in [-0.2, 0) is 25.3 Å². The summed E-state index contributed by atoms with van der Waals surface area (Å²) in [5, 5.41) is 0.578. The number of anilines is 1. The first-order chi connectivity index (χ1) is 22.6. The lowest BCUT2D eigenvalue weighted by Gasteiger charge is -2.45. The van der Waals surface area contributed by atoms with Gasteiger partial charge in [-0.3, -0.25) is 13.9 Å². The van der Waals surface area contributed by atoms with E-state index in [-0.39, 0.29) is 54.3 Å². The van der Waals surface area contributed by atoms with E-state index in [4.69, 9.17) is 16.3 Å². The van der Waals surface area contributed by atoms with Crippen molar-refractivity contribution in [2.45, 2.75) is 76.3 Å². The molecule has 1 saturated heterocycles. The standard InChI is InChI=1S/C28H33ClFN3O4S.C7H8.C2H6/c1-31(2)27(34)15-26-28(35)33(25(17-37-26)19-9-11-20(29)12-10-19)24(18-7-8-18)16-32(38(36)21-13-14-21)23-6-4-3-5-22(23)30;1-7-5-3-2-4-6-7;1-2/h3-6,9-12,18,21,24-26H,7-8,13-17H2,1-2H3;2-6H,1H3;1-2H3. The predicted molar refractivity (Wildman–Crippen MR) is 188 cm³/mol. The van der Waals surface area contributed by atoms with Crippen molar-refractivity contribution in [1.29, 1.82) is 0 Å². The van der Waals surface area contributed by atoms with Crippen LogP contribution in [0.1, 0.15) is 63.1 Å². The third-order valence-corrected chi connectivity index (χ3v) is 10.5. The summed E-state index contributed by atoms with van der Waals surface area (Å²) in [6, 6.07) is 23.2. The number of nitrogens with zero attached hydrogens (tertiary/aromatic N) is 3. The largest absolute Gasteiger partial charge is 0.365 e. The summed E-state index contributed by atoms with van der Waals surface area (Å²) in [5.41, 5.74) is 2.47. The summed E-state index contributed by atoms with van der Waals surface area (Å²) in [6.45, 7) is 6.53. The third kappa shape index (κ3) is 9.87. The van der Waals surface area contributed by atoms with Crippen molar-refractivity contribution in [3.05, 3.63) is 101 Å². The van der Waals surface area contributed by atoms with Gasteiger partial charge in [0.15, 0.2) is 0 Å². The zero-order valence-corrected chi connectivity index (χ0v) is 29.6. The van der Waals surface area contributed by atoms with Gasteiger partial charge in [0.05, 0.1) is 42.6 Å². The fourth-order valence-corrected chi connectivity index (χ4v) is 7.19. The molecule has 4 atom stereocenters. The topological polar surface area (TPSA) is 70.2 Å². The first-order valence-electron chi connectivity index (χ1n) is 16.5. The third-order valence-electron chi connectivity index (χ3n) is 8.40. The Hall–Kier alpha value is -3.27. The molecule has 2 saturated carbocycles. The Bertz CT molecular complexity index is 1480. The number of aryl methyl sites for hydroxylation is 1. The molecule has 10 heteroatoms. The normalized spacial score (nSPS) is 20.1. The average Bonchev–Trinajstić information content (AvgIpc) is 4.00. The van der Waals surface area contributed by atoms with Gasteiger partial charge in [-0.05, 0) is 68.4 Å². The fraction of sp³-hybridized carbons (Fsp3) is 0.459. The van der Waals surface area contributed by atoms with Crippen molar-refractivity contribution in [2.75, 3.05) is 31.6 Å². The molecule has 4 unspecified atom stereocenters. The molecule has 7 nitrogen and oxygen atoms in total. The Balaban J connectivity index is 0.000000486. The van der Waals surface area contributed by atoms with Gasteiger partial charge in [0.2, 0.25) is 5.91 Å². The highest BCUT2D eigenvalue weighted by molar-refractivity contribution is 7.87. The zero-order valence-electron chi connectivity index (χ0n) is 28.0. The summed E-state index contributed by atoms with van der Waals surface area (Å²) in [6.07, 6.45) is 2.55. The van der Waals surface area contributed by atoms with Crippen molar-refractivity contribution in [3.8, 4) is 0 Å². The predicted octanol–water partition coefficient (Wildman–Crippen LogP) is 7.36. The maximum Gasteiger partial charge on any atom is 0.253 e. The van der Waals surface area contributed by atoms with Crippen molar-refractivity contribution >= 4 is 40.1 Å². The molecule has 0 radical (unpaired) electrons. The number of rotatable bonds is 10. The number of hydrogen-bond donors (Lipinski definition) is 0. The van der Waals surface area contributed by atoms with Crippen LogP contribution in [0.2, 0.25) is 5.02 Å². The van der Waals surface area contributed by atoms with Gasteiger partial charge in [-0.2, -0.15) is 0 Å². The maximum atomic E-state index is 15.0. The van der Waals surface area contributed by atoms with E-state index in [1.165, 1.54) is 16.5 Å². The first kappa shape index (κ1) is 36.6. The fourth-order valence-electron chi connectivity index (χ4n) is 5.52. The van der Waals surface area contributed by atoms with Gasteiger partial charge < -0.3 is 14.5 Å². The molecule has 3 aromatic carbocycles. The molecule has 0 spiro atoms. The minimum absolute atomic E-state index is 0.00706. The zero-order chi connectivity index (χ0) is 34.1. The molecule has 0 aromatic heterocycles. The maximum absolute atomic E-state index is 15.0. The van der Waals surface area contributed by atoms with Gasteiger partial charge in [-0.1, -0.05) is 85.6 Å². The SMILES string of the molecule is CC.CN(C)C(=O)CC1OCC(c2ccc(Cl)cc2)N(C(CN(c2ccccc2F)S(=O)C2CC2)C2CC2)C1=O.Cc1ccccc1. The van der Waals surface area contributed by atoms with E-state index in [9.17, 15) is 18.2 Å². The molecule has 1 heterocycles. The van der Waals surface area contributed by atoms with Gasteiger partial charge in [0.1, 0.15) is 22.9 Å². The minimum Gasteiger partial charge on any atom is -0.365 e. The molecule has 0 bridgehead atoms. The summed E-state index contributed by atoms with van der Waals surface area (Å²) in [4.78, 5) is 29.8. The lowest BCUT2D eigenvalue weighted by atomic mass is 9.97. The second-order valence-electron chi connectivity index (χ2n) is 12.2. The molecule has 0 N–H and O–H groups in total. The van der Waals surface area contributed by atoms with E-state index in [2.05, 4.69) is 19.1 Å². The molecule has 254 valence electrons. The highest BCUT2D eigenvalue weighted by Crippen LogP contribution is 2.43. The van der Waals surface area contributed by atoms with Crippen LogP contribution in [0.5, 0.6) is 0 Å². The quantitative estimate of drug-likeness (QED) is 0.224. The Morgan fingerprint density at radius 2 is 1.60 bits per heavy atom. The number of morpholine rings is 1. The van der Waals surface area contributed by atoms with Crippen molar-refractivity contribution < 1.29 is 22.9 Å². The van der Waals surface area contributed by atoms with Crippen LogP contribution in [0.15, 0.2) is 78.9 Å². The van der Waals surface area contributed by atoms with Gasteiger partial charge in [-0.25, -0.2) is 8.60 Å². The van der Waals surface area contributed by atoms with Crippen LogP contribution in [0.3, 0.4) is 0 Å². The molecule has 3 aliphatic rings. The summed E-state index contributed by atoms with van der Waals surface area (Å²) < 4.78 is 36.2. The average molecular weight is 684 g/mol. The van der Waals surface area contributed by atoms with Crippen LogP contribution in [0.4, 0.5) is 10.1 Å². The number of carbonyl (C=O) groups is 2. The van der Waals surface area contributed by atoms with Crippen LogP contribution in [0.25, 0.3) is 0 Å². The van der Waals surface area contributed by atoms with E-state index in [0.29, 0.717) is 5.02 Å². The highest BCUT2D eigenvalue weighted by Gasteiger charge is 2.48. The summed E-state index contributed by atoms with van der Waals surface area (Å²) in [7, 11) is 1.88. The van der Waals surface area contributed by atoms with Crippen LogP contribution >= 0.6 is 11.6 Å². The Morgan fingerprint density at radius 1 is 0.979 bits per heavy atom. The lowest BCUT2D eigenvalue weighted by Crippen LogP contribution is -2.58. The van der Waals surface area contributed by atoms with Crippen molar-refractivity contribution in [3.63, 3.8) is 0 Å². The minimum atomic E-state index is -1.42. The molecule has 6 rings (SSSR count). The van der Waals surface area contributed by atoms with Crippen LogP contribution in [0, 0.1) is 18.7 Å². The lowest BCUT2D eigenvalue weighted by molar-refractivity contribution is -0.167. The molecular weight excluding hydrogens is 637 g/mol. The summed E-state index contributed by atoms with van der Waals surface area (Å²) in [5.74, 6) is -0.719. The van der Waals surface area contributed by atoms with Gasteiger partial charge in [0, 0.05) is 19.1 Å². The van der Waals surface area contributed by atoms with Crippen LogP contribution in [-0.4, -0.2) is 70.5 Å². The Labute approximate surface area is 286 Å². The number of carbonyl (C=O) groups excluding carboxylic acids is 2. The van der Waals surface area contributed by atoms with Crippen molar-refractivity contribution in [1.82, 2.24) is 9.80 Å². The second-order valence-corrected chi connectivity index (χ2v) is 14.3. The molecule has 47 heavy (non-hydrogen) atoms. The van der Waals surface area contributed by atoms with E-state index < -0.39 is 28.9 Å². The molecular formula is C37H47ClFN3O4S.